The van der Waals surface area contributed by atoms with E-state index in [-0.39, 0.29) is 0 Å². The number of hydrogen-bond acceptors (Lipinski definition) is 5. The molecule has 5 heteroatoms. The minimum atomic E-state index is 0.660. The summed E-state index contributed by atoms with van der Waals surface area (Å²) in [6.07, 6.45) is 3.93. The van der Waals surface area contributed by atoms with Crippen LogP contribution in [-0.2, 0) is 0 Å². The Morgan fingerprint density at radius 2 is 2.08 bits per heavy atom. The third-order valence-corrected chi connectivity index (χ3v) is 2.69. The predicted molar refractivity (Wildman–Crippen MR) is 56.8 cm³/mol. The maximum absolute atomic E-state index is 5.43. The second-order valence-corrected chi connectivity index (χ2v) is 3.81. The zero-order chi connectivity index (χ0) is 9.68. The molecule has 0 amide bonds. The molecule has 0 saturated heterocycles. The molecular formula is C8H12N2OS2. The van der Waals surface area contributed by atoms with Crippen LogP contribution in [0.5, 0.6) is 5.75 Å². The van der Waals surface area contributed by atoms with Crippen LogP contribution >= 0.6 is 23.5 Å². The number of ether oxygens (including phenoxy) is 1. The molecule has 1 aromatic rings. The van der Waals surface area contributed by atoms with Gasteiger partial charge in [-0.25, -0.2) is 0 Å². The minimum absolute atomic E-state index is 0.660. The van der Waals surface area contributed by atoms with Crippen LogP contribution in [0.1, 0.15) is 6.92 Å². The Morgan fingerprint density at radius 1 is 1.31 bits per heavy atom. The minimum Gasteiger partial charge on any atom is -0.491 e. The summed E-state index contributed by atoms with van der Waals surface area (Å²) in [6, 6.07) is 1.92. The van der Waals surface area contributed by atoms with Crippen molar-refractivity contribution in [2.45, 2.75) is 17.0 Å². The van der Waals surface area contributed by atoms with Gasteiger partial charge >= 0.3 is 0 Å². The first-order valence-electron chi connectivity index (χ1n) is 3.90. The van der Waals surface area contributed by atoms with Crippen LogP contribution in [0.2, 0.25) is 0 Å². The highest BCUT2D eigenvalue weighted by molar-refractivity contribution is 7.99. The second-order valence-electron chi connectivity index (χ2n) is 2.19. The number of thioether (sulfide) groups is 2. The van der Waals surface area contributed by atoms with Crippen LogP contribution in [-0.4, -0.2) is 29.3 Å². The maximum atomic E-state index is 5.43. The summed E-state index contributed by atoms with van der Waals surface area (Å²) in [4.78, 5) is 0. The fraction of sp³-hybridized carbons (Fsp3) is 0.500. The standard InChI is InChI=1S/C8H12N2OS2/c1-4-11-6-5-7(12-2)9-10-8(6)13-3/h5H,4H2,1-3H3. The second kappa shape index (κ2) is 5.34. The van der Waals surface area contributed by atoms with E-state index in [0.29, 0.717) is 6.61 Å². The van der Waals surface area contributed by atoms with Gasteiger partial charge in [-0.15, -0.1) is 33.7 Å². The Kier molecular flexibility index (Phi) is 4.38. The fourth-order valence-electron chi connectivity index (χ4n) is 0.847. The number of nitrogens with zero attached hydrogens (tertiary/aromatic N) is 2. The van der Waals surface area contributed by atoms with Crippen molar-refractivity contribution in [2.75, 3.05) is 19.1 Å². The van der Waals surface area contributed by atoms with E-state index < -0.39 is 0 Å². The maximum Gasteiger partial charge on any atom is 0.161 e. The molecule has 0 radical (unpaired) electrons. The summed E-state index contributed by atoms with van der Waals surface area (Å²) in [5.74, 6) is 0.828. The topological polar surface area (TPSA) is 35.0 Å². The summed E-state index contributed by atoms with van der Waals surface area (Å²) in [5, 5.41) is 9.81. The molecule has 0 atom stereocenters. The van der Waals surface area contributed by atoms with Crippen LogP contribution in [0.15, 0.2) is 16.1 Å². The highest BCUT2D eigenvalue weighted by atomic mass is 32.2. The van der Waals surface area contributed by atoms with Gasteiger partial charge in [-0.1, -0.05) is 0 Å². The molecule has 0 aliphatic rings. The van der Waals surface area contributed by atoms with Crippen LogP contribution in [0, 0.1) is 0 Å². The molecule has 0 aliphatic carbocycles. The van der Waals surface area contributed by atoms with Gasteiger partial charge in [-0.05, 0) is 19.4 Å². The van der Waals surface area contributed by atoms with Gasteiger partial charge in [0.15, 0.2) is 10.8 Å². The molecule has 0 fully saturated rings. The van der Waals surface area contributed by atoms with E-state index >= 15 is 0 Å². The molecule has 0 saturated carbocycles. The predicted octanol–water partition coefficient (Wildman–Crippen LogP) is 2.32. The van der Waals surface area contributed by atoms with Crippen LogP contribution in [0.4, 0.5) is 0 Å². The summed E-state index contributed by atoms with van der Waals surface area (Å²) in [7, 11) is 0. The van der Waals surface area contributed by atoms with E-state index in [4.69, 9.17) is 4.74 Å². The average Bonchev–Trinajstić information content (AvgIpc) is 2.18. The third-order valence-electron chi connectivity index (χ3n) is 1.41. The fourth-order valence-corrected chi connectivity index (χ4v) is 1.64. The van der Waals surface area contributed by atoms with Gasteiger partial charge < -0.3 is 4.74 Å². The highest BCUT2D eigenvalue weighted by Gasteiger charge is 2.06. The first-order valence-corrected chi connectivity index (χ1v) is 6.35. The van der Waals surface area contributed by atoms with E-state index in [2.05, 4.69) is 10.2 Å². The third kappa shape index (κ3) is 2.77. The Hall–Kier alpha value is -0.420. The summed E-state index contributed by atoms with van der Waals surface area (Å²) >= 11 is 3.11. The molecular weight excluding hydrogens is 204 g/mol. The molecule has 13 heavy (non-hydrogen) atoms. The lowest BCUT2D eigenvalue weighted by molar-refractivity contribution is 0.326. The molecule has 1 rings (SSSR count). The van der Waals surface area contributed by atoms with Crippen molar-refractivity contribution in [3.05, 3.63) is 6.07 Å². The van der Waals surface area contributed by atoms with Crippen LogP contribution in [0.3, 0.4) is 0 Å². The van der Waals surface area contributed by atoms with Gasteiger partial charge in [-0.3, -0.25) is 0 Å². The number of hydrogen-bond donors (Lipinski definition) is 0. The summed E-state index contributed by atoms with van der Waals surface area (Å²) < 4.78 is 5.43. The van der Waals surface area contributed by atoms with Crippen molar-refractivity contribution < 1.29 is 4.74 Å². The molecule has 3 nitrogen and oxygen atoms in total. The lowest BCUT2D eigenvalue weighted by Gasteiger charge is -2.06. The monoisotopic (exact) mass is 216 g/mol. The quantitative estimate of drug-likeness (QED) is 0.722. The van der Waals surface area contributed by atoms with E-state index in [1.807, 2.05) is 25.5 Å². The van der Waals surface area contributed by atoms with E-state index in [9.17, 15) is 0 Å². The van der Waals surface area contributed by atoms with E-state index in [1.54, 1.807) is 23.5 Å². The molecule has 0 aromatic carbocycles. The van der Waals surface area contributed by atoms with Crippen molar-refractivity contribution in [2.24, 2.45) is 0 Å². The molecule has 72 valence electrons. The van der Waals surface area contributed by atoms with Crippen LogP contribution in [0.25, 0.3) is 0 Å². The molecule has 0 bridgehead atoms. The van der Waals surface area contributed by atoms with Gasteiger partial charge in [0.1, 0.15) is 5.03 Å². The first-order chi connectivity index (χ1) is 6.31. The average molecular weight is 216 g/mol. The normalized spacial score (nSPS) is 10.1. The SMILES string of the molecule is CCOc1cc(SC)nnc1SC. The van der Waals surface area contributed by atoms with Gasteiger partial charge in [-0.2, -0.15) is 0 Å². The highest BCUT2D eigenvalue weighted by Crippen LogP contribution is 2.27. The molecule has 1 aromatic heterocycles. The first kappa shape index (κ1) is 10.7. The Balaban J connectivity index is 2.95. The van der Waals surface area contributed by atoms with Gasteiger partial charge in [0.25, 0.3) is 0 Å². The van der Waals surface area contributed by atoms with Crippen molar-refractivity contribution in [1.29, 1.82) is 0 Å². The Morgan fingerprint density at radius 3 is 2.62 bits per heavy atom. The van der Waals surface area contributed by atoms with Crippen LogP contribution < -0.4 is 4.74 Å². The lowest BCUT2D eigenvalue weighted by atomic mass is 10.5. The van der Waals surface area contributed by atoms with Gasteiger partial charge in [0.05, 0.1) is 6.61 Å². The summed E-state index contributed by atoms with van der Waals surface area (Å²) in [6.45, 7) is 2.62. The van der Waals surface area contributed by atoms with E-state index in [0.717, 1.165) is 15.8 Å². The van der Waals surface area contributed by atoms with E-state index in [1.165, 1.54) is 0 Å². The zero-order valence-corrected chi connectivity index (χ0v) is 9.54. The van der Waals surface area contributed by atoms with Crippen molar-refractivity contribution in [3.8, 4) is 5.75 Å². The Labute approximate surface area is 86.7 Å². The van der Waals surface area contributed by atoms with Crippen molar-refractivity contribution in [3.63, 3.8) is 0 Å². The zero-order valence-electron chi connectivity index (χ0n) is 7.90. The Bertz CT molecular complexity index is 281. The number of aromatic nitrogens is 2. The molecule has 0 aliphatic heterocycles. The molecule has 0 spiro atoms. The molecule has 0 N–H and O–H groups in total. The summed E-state index contributed by atoms with van der Waals surface area (Å²) in [5.41, 5.74) is 0. The van der Waals surface area contributed by atoms with Gasteiger partial charge in [0, 0.05) is 6.07 Å². The molecule has 0 unspecified atom stereocenters. The largest absolute Gasteiger partial charge is 0.491 e. The molecule has 1 heterocycles. The lowest BCUT2D eigenvalue weighted by Crippen LogP contribution is -1.97. The smallest absolute Gasteiger partial charge is 0.161 e. The van der Waals surface area contributed by atoms with Crippen molar-refractivity contribution in [1.82, 2.24) is 10.2 Å². The number of rotatable bonds is 4. The van der Waals surface area contributed by atoms with Crippen molar-refractivity contribution >= 4 is 23.5 Å². The van der Waals surface area contributed by atoms with Gasteiger partial charge in [0.2, 0.25) is 0 Å².